The number of ether oxygens (including phenoxy) is 1. The number of nitrogens with one attached hydrogen (secondary N) is 1. The fraction of sp³-hybridized carbons (Fsp3) is 0.400. The highest BCUT2D eigenvalue weighted by Gasteiger charge is 2.36. The molecule has 0 radical (unpaired) electrons. The van der Waals surface area contributed by atoms with E-state index in [0.29, 0.717) is 0 Å². The Kier molecular flexibility index (Phi) is 3.03. The smallest absolute Gasteiger partial charge is 0.0850 e. The molecule has 2 aromatic rings. The number of methoxy groups -OCH3 is 1. The Hall–Kier alpha value is -1.81. The van der Waals surface area contributed by atoms with Crippen LogP contribution in [-0.4, -0.2) is 24.2 Å². The molecule has 1 aromatic heterocycles. The van der Waals surface area contributed by atoms with Crippen LogP contribution in [0.4, 0.5) is 11.4 Å². The lowest BCUT2D eigenvalue weighted by Crippen LogP contribution is -2.45. The van der Waals surface area contributed by atoms with Crippen molar-refractivity contribution < 1.29 is 4.74 Å². The quantitative estimate of drug-likeness (QED) is 0.827. The van der Waals surface area contributed by atoms with Gasteiger partial charge in [-0.15, -0.1) is 0 Å². The summed E-state index contributed by atoms with van der Waals surface area (Å²) in [4.78, 5) is 4.35. The van der Waals surface area contributed by atoms with E-state index >= 15 is 0 Å². The Labute approximate surface area is 113 Å². The lowest BCUT2D eigenvalue weighted by Gasteiger charge is -2.40. The maximum atomic E-state index is 5.79. The SMILES string of the molecule is COC1(CNc2ccnc3cc(N)ccc23)CCC1. The van der Waals surface area contributed by atoms with Crippen LogP contribution in [0, 0.1) is 0 Å². The van der Waals surface area contributed by atoms with Crippen molar-refractivity contribution in [2.75, 3.05) is 24.7 Å². The lowest BCUT2D eigenvalue weighted by molar-refractivity contribution is -0.0601. The third kappa shape index (κ3) is 2.24. The number of fused-ring (bicyclic) bond motifs is 1. The first-order chi connectivity index (χ1) is 9.22. The molecule has 19 heavy (non-hydrogen) atoms. The zero-order valence-corrected chi connectivity index (χ0v) is 11.1. The number of nitrogen functional groups attached to an aromatic ring is 1. The summed E-state index contributed by atoms with van der Waals surface area (Å²) >= 11 is 0. The zero-order chi connectivity index (χ0) is 13.3. The van der Waals surface area contributed by atoms with Crippen molar-refractivity contribution in [3.63, 3.8) is 0 Å². The molecule has 4 nitrogen and oxygen atoms in total. The van der Waals surface area contributed by atoms with E-state index in [4.69, 9.17) is 10.5 Å². The van der Waals surface area contributed by atoms with Crippen molar-refractivity contribution in [1.29, 1.82) is 0 Å². The number of aromatic nitrogens is 1. The molecular weight excluding hydrogens is 238 g/mol. The van der Waals surface area contributed by atoms with Gasteiger partial charge in [0.1, 0.15) is 0 Å². The minimum absolute atomic E-state index is 0.0173. The Morgan fingerprint density at radius 2 is 2.21 bits per heavy atom. The molecule has 3 rings (SSSR count). The molecule has 0 aliphatic heterocycles. The standard InChI is InChI=1S/C15H19N3O/c1-19-15(6-2-7-15)10-18-13-5-8-17-14-9-11(16)3-4-12(13)14/h3-5,8-9H,2,6-7,10,16H2,1H3,(H,17,18). The Morgan fingerprint density at radius 3 is 2.89 bits per heavy atom. The summed E-state index contributed by atoms with van der Waals surface area (Å²) in [6.07, 6.45) is 5.33. The first-order valence-electron chi connectivity index (χ1n) is 6.66. The summed E-state index contributed by atoms with van der Waals surface area (Å²) in [6, 6.07) is 7.82. The van der Waals surface area contributed by atoms with E-state index in [1.165, 1.54) is 6.42 Å². The molecule has 1 saturated carbocycles. The maximum Gasteiger partial charge on any atom is 0.0850 e. The third-order valence-corrected chi connectivity index (χ3v) is 4.07. The number of hydrogen-bond acceptors (Lipinski definition) is 4. The number of rotatable bonds is 4. The molecular formula is C15H19N3O. The van der Waals surface area contributed by atoms with Crippen molar-refractivity contribution in [2.45, 2.75) is 24.9 Å². The van der Waals surface area contributed by atoms with Gasteiger partial charge in [0.05, 0.1) is 11.1 Å². The molecule has 0 unspecified atom stereocenters. The van der Waals surface area contributed by atoms with Crippen molar-refractivity contribution in [3.05, 3.63) is 30.5 Å². The molecule has 0 amide bonds. The monoisotopic (exact) mass is 257 g/mol. The minimum Gasteiger partial charge on any atom is -0.399 e. The Balaban J connectivity index is 1.84. The number of pyridine rings is 1. The van der Waals surface area contributed by atoms with E-state index in [0.717, 1.165) is 41.7 Å². The highest BCUT2D eigenvalue weighted by Crippen LogP contribution is 2.35. The van der Waals surface area contributed by atoms with Crippen LogP contribution in [0.5, 0.6) is 0 Å². The molecule has 0 saturated heterocycles. The molecule has 100 valence electrons. The van der Waals surface area contributed by atoms with Gasteiger partial charge in [-0.2, -0.15) is 0 Å². The van der Waals surface area contributed by atoms with Gasteiger partial charge in [-0.25, -0.2) is 0 Å². The molecule has 1 aliphatic rings. The van der Waals surface area contributed by atoms with Gasteiger partial charge in [0.2, 0.25) is 0 Å². The van der Waals surface area contributed by atoms with Crippen LogP contribution in [0.15, 0.2) is 30.5 Å². The summed E-state index contributed by atoms with van der Waals surface area (Å²) in [5.41, 5.74) is 8.56. The molecule has 1 aliphatic carbocycles. The van der Waals surface area contributed by atoms with E-state index in [1.54, 1.807) is 7.11 Å². The van der Waals surface area contributed by atoms with Crippen LogP contribution in [0.3, 0.4) is 0 Å². The molecule has 1 fully saturated rings. The van der Waals surface area contributed by atoms with Crippen LogP contribution >= 0.6 is 0 Å². The van der Waals surface area contributed by atoms with E-state index in [-0.39, 0.29) is 5.60 Å². The van der Waals surface area contributed by atoms with Crippen molar-refractivity contribution in [3.8, 4) is 0 Å². The van der Waals surface area contributed by atoms with Crippen molar-refractivity contribution in [2.24, 2.45) is 0 Å². The Bertz CT molecular complexity index is 587. The van der Waals surface area contributed by atoms with Crippen LogP contribution in [0.2, 0.25) is 0 Å². The molecule has 1 aromatic carbocycles. The predicted molar refractivity (Wildman–Crippen MR) is 78.2 cm³/mol. The summed E-state index contributed by atoms with van der Waals surface area (Å²) in [5.74, 6) is 0. The first-order valence-corrected chi connectivity index (χ1v) is 6.66. The average Bonchev–Trinajstić information content (AvgIpc) is 2.37. The highest BCUT2D eigenvalue weighted by molar-refractivity contribution is 5.92. The van der Waals surface area contributed by atoms with Gasteiger partial charge in [0, 0.05) is 36.6 Å². The summed E-state index contributed by atoms with van der Waals surface area (Å²) in [6.45, 7) is 0.840. The Morgan fingerprint density at radius 1 is 1.37 bits per heavy atom. The summed E-state index contributed by atoms with van der Waals surface area (Å²) in [7, 11) is 1.80. The highest BCUT2D eigenvalue weighted by atomic mass is 16.5. The van der Waals surface area contributed by atoms with Gasteiger partial charge in [-0.1, -0.05) is 0 Å². The second-order valence-corrected chi connectivity index (χ2v) is 5.23. The van der Waals surface area contributed by atoms with Crippen LogP contribution in [0.25, 0.3) is 10.9 Å². The van der Waals surface area contributed by atoms with Crippen molar-refractivity contribution in [1.82, 2.24) is 4.98 Å². The molecule has 0 bridgehead atoms. The van der Waals surface area contributed by atoms with E-state index < -0.39 is 0 Å². The van der Waals surface area contributed by atoms with E-state index in [9.17, 15) is 0 Å². The molecule has 1 heterocycles. The van der Waals surface area contributed by atoms with Crippen LogP contribution in [0.1, 0.15) is 19.3 Å². The van der Waals surface area contributed by atoms with E-state index in [1.807, 2.05) is 30.5 Å². The third-order valence-electron chi connectivity index (χ3n) is 4.07. The number of nitrogens with zero attached hydrogens (tertiary/aromatic N) is 1. The van der Waals surface area contributed by atoms with Gasteiger partial charge in [0.25, 0.3) is 0 Å². The summed E-state index contributed by atoms with van der Waals surface area (Å²) < 4.78 is 5.63. The number of anilines is 2. The topological polar surface area (TPSA) is 60.2 Å². The lowest BCUT2D eigenvalue weighted by atomic mass is 9.80. The molecule has 0 atom stereocenters. The zero-order valence-electron chi connectivity index (χ0n) is 11.1. The number of hydrogen-bond donors (Lipinski definition) is 2. The average molecular weight is 257 g/mol. The molecule has 0 spiro atoms. The fourth-order valence-corrected chi connectivity index (χ4v) is 2.60. The molecule has 4 heteroatoms. The maximum absolute atomic E-state index is 5.79. The van der Waals surface area contributed by atoms with Crippen LogP contribution < -0.4 is 11.1 Å². The van der Waals surface area contributed by atoms with Crippen molar-refractivity contribution >= 4 is 22.3 Å². The van der Waals surface area contributed by atoms with Crippen LogP contribution in [-0.2, 0) is 4.74 Å². The van der Waals surface area contributed by atoms with Gasteiger partial charge < -0.3 is 15.8 Å². The number of nitrogens with two attached hydrogens (primary N) is 1. The van der Waals surface area contributed by atoms with E-state index in [2.05, 4.69) is 10.3 Å². The minimum atomic E-state index is 0.0173. The second kappa shape index (κ2) is 4.70. The molecule has 3 N–H and O–H groups in total. The largest absolute Gasteiger partial charge is 0.399 e. The van der Waals surface area contributed by atoms with Gasteiger partial charge in [-0.3, -0.25) is 4.98 Å². The number of benzene rings is 1. The first kappa shape index (κ1) is 12.2. The fourth-order valence-electron chi connectivity index (χ4n) is 2.60. The van der Waals surface area contributed by atoms with Gasteiger partial charge >= 0.3 is 0 Å². The van der Waals surface area contributed by atoms with Gasteiger partial charge in [-0.05, 0) is 43.5 Å². The second-order valence-electron chi connectivity index (χ2n) is 5.23. The summed E-state index contributed by atoms with van der Waals surface area (Å²) in [5, 5.41) is 4.59. The predicted octanol–water partition coefficient (Wildman–Crippen LogP) is 2.80. The normalized spacial score (nSPS) is 17.1. The van der Waals surface area contributed by atoms with Gasteiger partial charge in [0.15, 0.2) is 0 Å².